The van der Waals surface area contributed by atoms with E-state index >= 15 is 0 Å². The summed E-state index contributed by atoms with van der Waals surface area (Å²) in [7, 11) is 0. The van der Waals surface area contributed by atoms with Gasteiger partial charge in [0.2, 0.25) is 0 Å². The summed E-state index contributed by atoms with van der Waals surface area (Å²) in [5.41, 5.74) is 4.87. The zero-order chi connectivity index (χ0) is 12.5. The minimum Gasteiger partial charge on any atom is -0.490 e. The predicted molar refractivity (Wildman–Crippen MR) is 75.2 cm³/mol. The maximum Gasteiger partial charge on any atom is 0.169 e. The van der Waals surface area contributed by atoms with Gasteiger partial charge in [-0.3, -0.25) is 0 Å². The fraction of sp³-hybridized carbons (Fsp3) is 0.455. The molecule has 0 spiro atoms. The molecule has 6 heteroatoms. The number of pyridine rings is 1. The fourth-order valence-corrected chi connectivity index (χ4v) is 1.65. The molecule has 0 atom stereocenters. The van der Waals surface area contributed by atoms with E-state index in [1.54, 1.807) is 40.7 Å². The lowest BCUT2D eigenvalue weighted by Crippen LogP contribution is -2.34. The molecule has 17 heavy (non-hydrogen) atoms. The molecule has 1 aliphatic heterocycles. The van der Waals surface area contributed by atoms with Crippen LogP contribution in [0.15, 0.2) is 18.3 Å². The Balaban J connectivity index is 0.000000686. The van der Waals surface area contributed by atoms with Gasteiger partial charge in [-0.25, -0.2) is 4.98 Å². The van der Waals surface area contributed by atoms with Crippen LogP contribution in [-0.4, -0.2) is 29.9 Å². The van der Waals surface area contributed by atoms with Gasteiger partial charge in [-0.2, -0.15) is 27.6 Å². The summed E-state index contributed by atoms with van der Waals surface area (Å²) in [5, 5.41) is 12.0. The average Bonchev–Trinajstić information content (AvgIpc) is 2.42. The van der Waals surface area contributed by atoms with Crippen molar-refractivity contribution in [3.63, 3.8) is 0 Å². The quantitative estimate of drug-likeness (QED) is 0.656. The normalized spacial score (nSPS) is 15.3. The second-order valence-electron chi connectivity index (χ2n) is 3.56. The predicted octanol–water partition coefficient (Wildman–Crippen LogP) is 1.59. The summed E-state index contributed by atoms with van der Waals surface area (Å²) in [6.07, 6.45) is 3.91. The van der Waals surface area contributed by atoms with Gasteiger partial charge in [0.05, 0.1) is 0 Å². The first-order valence-corrected chi connectivity index (χ1v) is 6.58. The van der Waals surface area contributed by atoms with Gasteiger partial charge in [-0.05, 0) is 32.0 Å². The largest absolute Gasteiger partial charge is 0.490 e. The van der Waals surface area contributed by atoms with Gasteiger partial charge < -0.3 is 10.1 Å². The molecule has 0 amide bonds. The molecule has 0 unspecified atom stereocenters. The van der Waals surface area contributed by atoms with Crippen LogP contribution in [0.25, 0.3) is 0 Å². The van der Waals surface area contributed by atoms with Crippen LogP contribution in [0, 0.1) is 11.3 Å². The molecule has 1 N–H and O–H groups in total. The molecule has 0 aromatic carbocycles. The van der Waals surface area contributed by atoms with Crippen molar-refractivity contribution in [1.82, 2.24) is 10.3 Å². The number of hydrogen-bond acceptors (Lipinski definition) is 4. The fourth-order valence-electron chi connectivity index (χ4n) is 1.65. The lowest BCUT2D eigenvalue weighted by molar-refractivity contribution is 0.162. The van der Waals surface area contributed by atoms with E-state index in [1.165, 1.54) is 0 Å². The number of nitrogens with one attached hydrogen (secondary N) is 1. The van der Waals surface area contributed by atoms with Gasteiger partial charge in [0, 0.05) is 12.3 Å². The Morgan fingerprint density at radius 3 is 2.82 bits per heavy atom. The highest BCUT2D eigenvalue weighted by Crippen LogP contribution is 2.16. The van der Waals surface area contributed by atoms with Crippen LogP contribution in [0.5, 0.6) is 5.75 Å². The summed E-state index contributed by atoms with van der Waals surface area (Å²) in [5.74, 6) is 0.744. The van der Waals surface area contributed by atoms with Crippen molar-refractivity contribution in [2.24, 2.45) is 0 Å². The molecule has 88 valence electrons. The molecule has 1 fully saturated rings. The van der Waals surface area contributed by atoms with Crippen molar-refractivity contribution in [1.29, 1.82) is 5.26 Å². The molecular weight excluding hydrogens is 328 g/mol. The Morgan fingerprint density at radius 1 is 1.47 bits per heavy atom. The van der Waals surface area contributed by atoms with Crippen molar-refractivity contribution < 1.29 is 4.74 Å². The minimum absolute atomic E-state index is 0.264. The van der Waals surface area contributed by atoms with Crippen molar-refractivity contribution in [2.45, 2.75) is 18.9 Å². The van der Waals surface area contributed by atoms with Crippen LogP contribution < -0.4 is 10.1 Å². The van der Waals surface area contributed by atoms with Gasteiger partial charge in [0.25, 0.3) is 0 Å². The van der Waals surface area contributed by atoms with Crippen molar-refractivity contribution in [3.8, 4) is 11.8 Å². The molecule has 4 nitrogen and oxygen atoms in total. The molecule has 0 aliphatic carbocycles. The Labute approximate surface area is 116 Å². The van der Waals surface area contributed by atoms with Crippen molar-refractivity contribution in [3.05, 3.63) is 24.0 Å². The van der Waals surface area contributed by atoms with Gasteiger partial charge in [0.1, 0.15) is 23.6 Å². The second-order valence-corrected chi connectivity index (χ2v) is 3.56. The van der Waals surface area contributed by atoms with E-state index in [-0.39, 0.29) is 6.10 Å². The van der Waals surface area contributed by atoms with E-state index in [1.807, 2.05) is 6.07 Å². The van der Waals surface area contributed by atoms with E-state index in [0.717, 1.165) is 31.7 Å². The SMILES string of the molecule is N#Cc1cc(OC2CCNCC2)ccn1.[B]I. The number of nitriles is 1. The smallest absolute Gasteiger partial charge is 0.169 e. The number of rotatable bonds is 2. The number of halogens is 1. The molecule has 1 saturated heterocycles. The maximum atomic E-state index is 8.69. The van der Waals surface area contributed by atoms with Crippen LogP contribution in [0.1, 0.15) is 18.5 Å². The number of ether oxygens (including phenoxy) is 1. The summed E-state index contributed by atoms with van der Waals surface area (Å²) in [6.45, 7) is 2.00. The number of nitrogens with zero attached hydrogens (tertiary/aromatic N) is 2. The zero-order valence-electron chi connectivity index (χ0n) is 9.40. The van der Waals surface area contributed by atoms with E-state index in [4.69, 9.17) is 10.00 Å². The third-order valence-corrected chi connectivity index (χ3v) is 2.43. The first-order chi connectivity index (χ1) is 8.38. The highest BCUT2D eigenvalue weighted by Gasteiger charge is 2.14. The van der Waals surface area contributed by atoms with E-state index in [0.29, 0.717) is 5.69 Å². The summed E-state index contributed by atoms with van der Waals surface area (Å²) < 4.78 is 5.77. The van der Waals surface area contributed by atoms with Crippen molar-refractivity contribution in [2.75, 3.05) is 13.1 Å². The number of aromatic nitrogens is 1. The molecule has 2 radical (unpaired) electrons. The van der Waals surface area contributed by atoms with E-state index in [2.05, 4.69) is 16.0 Å². The van der Waals surface area contributed by atoms with Gasteiger partial charge in [-0.1, -0.05) is 0 Å². The van der Waals surface area contributed by atoms with Crippen LogP contribution in [0.3, 0.4) is 0 Å². The minimum atomic E-state index is 0.264. The van der Waals surface area contributed by atoms with Gasteiger partial charge in [-0.15, -0.1) is 0 Å². The highest BCUT2D eigenvalue weighted by molar-refractivity contribution is 14.1. The molecule has 2 rings (SSSR count). The topological polar surface area (TPSA) is 57.9 Å². The van der Waals surface area contributed by atoms with Gasteiger partial charge in [0.15, 0.2) is 5.70 Å². The van der Waals surface area contributed by atoms with E-state index in [9.17, 15) is 0 Å². The molecule has 1 aromatic heterocycles. The lowest BCUT2D eigenvalue weighted by Gasteiger charge is -2.23. The molecule has 1 aromatic rings. The highest BCUT2D eigenvalue weighted by atomic mass is 127. The number of piperidine rings is 1. The standard InChI is InChI=1S/C11H13N3O.BI/c12-8-9-7-11(3-6-14-9)15-10-1-4-13-5-2-10;1-2/h3,6-7,10,13H,1-2,4-5H2;. The molecule has 0 saturated carbocycles. The third kappa shape index (κ3) is 4.92. The molecule has 1 aliphatic rings. The second kappa shape index (κ2) is 8.31. The summed E-state index contributed by atoms with van der Waals surface area (Å²) >= 11 is 1.65. The molecule has 0 bridgehead atoms. The van der Waals surface area contributed by atoms with Crippen LogP contribution in [0.2, 0.25) is 0 Å². The van der Waals surface area contributed by atoms with Crippen molar-refractivity contribution >= 4 is 28.1 Å². The first-order valence-electron chi connectivity index (χ1n) is 5.34. The number of hydrogen-bond donors (Lipinski definition) is 1. The maximum absolute atomic E-state index is 8.69. The van der Waals surface area contributed by atoms with Crippen LogP contribution >= 0.6 is 22.4 Å². The zero-order valence-corrected chi connectivity index (χ0v) is 11.6. The first kappa shape index (κ1) is 14.3. The third-order valence-electron chi connectivity index (χ3n) is 2.43. The average molecular weight is 341 g/mol. The van der Waals surface area contributed by atoms with E-state index < -0.39 is 0 Å². The Hall–Kier alpha value is -0.805. The Morgan fingerprint density at radius 2 is 2.18 bits per heavy atom. The van der Waals surface area contributed by atoms with Gasteiger partial charge >= 0.3 is 0 Å². The lowest BCUT2D eigenvalue weighted by atomic mass is 10.1. The monoisotopic (exact) mass is 341 g/mol. The molecule has 2 heterocycles. The Bertz CT molecular complexity index is 377. The Kier molecular flexibility index (Phi) is 6.97. The van der Waals surface area contributed by atoms with Crippen LogP contribution in [-0.2, 0) is 0 Å². The summed E-state index contributed by atoms with van der Waals surface area (Å²) in [4.78, 5) is 3.90. The molecular formula is C11H13BIN3O. The summed E-state index contributed by atoms with van der Waals surface area (Å²) in [6, 6.07) is 5.48. The van der Waals surface area contributed by atoms with Crippen LogP contribution in [0.4, 0.5) is 0 Å².